The zero-order valence-electron chi connectivity index (χ0n) is 9.28. The summed E-state index contributed by atoms with van der Waals surface area (Å²) < 4.78 is 25.8. The van der Waals surface area contributed by atoms with Crippen LogP contribution in [0.3, 0.4) is 0 Å². The number of carboxylic acids is 1. The molecule has 4 nitrogen and oxygen atoms in total. The molecule has 1 aromatic carbocycles. The maximum absolute atomic E-state index is 13.1. The van der Waals surface area contributed by atoms with Crippen molar-refractivity contribution in [3.8, 4) is 0 Å². The van der Waals surface area contributed by atoms with Crippen LogP contribution in [-0.2, 0) is 15.1 Å². The monoisotopic (exact) mass is 243 g/mol. The summed E-state index contributed by atoms with van der Waals surface area (Å²) >= 11 is 0. The lowest BCUT2D eigenvalue weighted by Crippen LogP contribution is -2.47. The van der Waals surface area contributed by atoms with E-state index in [1.807, 2.05) is 0 Å². The van der Waals surface area contributed by atoms with Gasteiger partial charge in [-0.25, -0.2) is 13.6 Å². The highest BCUT2D eigenvalue weighted by molar-refractivity contribution is 5.82. The second-order valence-electron chi connectivity index (χ2n) is 3.72. The van der Waals surface area contributed by atoms with Crippen LogP contribution < -0.4 is 0 Å². The molecule has 1 rings (SSSR count). The molecule has 0 radical (unpaired) electrons. The summed E-state index contributed by atoms with van der Waals surface area (Å²) in [5.74, 6) is -3.57. The summed E-state index contributed by atoms with van der Waals surface area (Å²) in [7, 11) is 1.25. The van der Waals surface area contributed by atoms with Crippen molar-refractivity contribution in [1.29, 1.82) is 0 Å². The Morgan fingerprint density at radius 1 is 1.41 bits per heavy atom. The average molecular weight is 243 g/mol. The van der Waals surface area contributed by atoms with Crippen molar-refractivity contribution >= 4 is 12.4 Å². The van der Waals surface area contributed by atoms with Crippen LogP contribution in [-0.4, -0.2) is 29.4 Å². The van der Waals surface area contributed by atoms with Crippen molar-refractivity contribution in [3.63, 3.8) is 0 Å². The molecule has 0 spiro atoms. The highest BCUT2D eigenvalue weighted by atomic mass is 19.2. The van der Waals surface area contributed by atoms with Gasteiger partial charge in [0.1, 0.15) is 0 Å². The number of carbonyl (C=O) groups is 2. The quantitative estimate of drug-likeness (QED) is 0.812. The smallest absolute Gasteiger partial charge is 0.334 e. The summed E-state index contributed by atoms with van der Waals surface area (Å²) in [6.07, 6.45) is 0.315. The first-order valence-corrected chi connectivity index (χ1v) is 4.71. The molecule has 0 bridgehead atoms. The lowest BCUT2D eigenvalue weighted by atomic mass is 9.90. The minimum atomic E-state index is -1.74. The third-order valence-electron chi connectivity index (χ3n) is 2.76. The minimum absolute atomic E-state index is 0.0153. The number of hydrogen-bond donors (Lipinski definition) is 1. The number of amides is 1. The van der Waals surface area contributed by atoms with Gasteiger partial charge in [0, 0.05) is 7.05 Å². The van der Waals surface area contributed by atoms with E-state index in [1.165, 1.54) is 14.0 Å². The SMILES string of the molecule is CN(C=O)C(C)(C(=O)O)c1ccc(F)c(F)c1. The minimum Gasteiger partial charge on any atom is -0.479 e. The van der Waals surface area contributed by atoms with Gasteiger partial charge in [-0.2, -0.15) is 0 Å². The molecule has 1 atom stereocenters. The van der Waals surface area contributed by atoms with Gasteiger partial charge in [0.05, 0.1) is 0 Å². The van der Waals surface area contributed by atoms with Crippen molar-refractivity contribution in [2.24, 2.45) is 0 Å². The molecule has 0 aliphatic heterocycles. The average Bonchev–Trinajstić information content (AvgIpc) is 2.30. The predicted octanol–water partition coefficient (Wildman–Crippen LogP) is 1.35. The lowest BCUT2D eigenvalue weighted by Gasteiger charge is -2.32. The molecule has 0 fully saturated rings. The molecule has 1 amide bonds. The summed E-state index contributed by atoms with van der Waals surface area (Å²) in [5, 5.41) is 9.13. The first kappa shape index (κ1) is 13.1. The van der Waals surface area contributed by atoms with E-state index in [9.17, 15) is 18.4 Å². The van der Waals surface area contributed by atoms with E-state index in [0.29, 0.717) is 6.41 Å². The van der Waals surface area contributed by atoms with Gasteiger partial charge < -0.3 is 10.0 Å². The van der Waals surface area contributed by atoms with Crippen LogP contribution in [0, 0.1) is 11.6 Å². The van der Waals surface area contributed by atoms with E-state index in [2.05, 4.69) is 0 Å². The molecule has 0 saturated carbocycles. The van der Waals surface area contributed by atoms with Gasteiger partial charge in [0.15, 0.2) is 17.2 Å². The zero-order chi connectivity index (χ0) is 13.2. The number of nitrogens with zero attached hydrogens (tertiary/aromatic N) is 1. The molecule has 0 aromatic heterocycles. The molecule has 1 aromatic rings. The van der Waals surface area contributed by atoms with Crippen LogP contribution in [0.1, 0.15) is 12.5 Å². The Bertz CT molecular complexity index is 464. The Morgan fingerprint density at radius 3 is 2.41 bits per heavy atom. The highest BCUT2D eigenvalue weighted by Crippen LogP contribution is 2.27. The third kappa shape index (κ3) is 2.11. The number of benzene rings is 1. The normalized spacial score (nSPS) is 13.9. The van der Waals surface area contributed by atoms with Crippen molar-refractivity contribution in [3.05, 3.63) is 35.4 Å². The van der Waals surface area contributed by atoms with Crippen LogP contribution in [0.25, 0.3) is 0 Å². The van der Waals surface area contributed by atoms with Gasteiger partial charge in [0.2, 0.25) is 6.41 Å². The fraction of sp³-hybridized carbons (Fsp3) is 0.273. The molecule has 0 aliphatic carbocycles. The van der Waals surface area contributed by atoms with E-state index in [-0.39, 0.29) is 5.56 Å². The van der Waals surface area contributed by atoms with Gasteiger partial charge in [-0.15, -0.1) is 0 Å². The van der Waals surface area contributed by atoms with E-state index >= 15 is 0 Å². The summed E-state index contributed by atoms with van der Waals surface area (Å²) in [6, 6.07) is 2.72. The summed E-state index contributed by atoms with van der Waals surface area (Å²) in [4.78, 5) is 22.8. The maximum Gasteiger partial charge on any atom is 0.334 e. The highest BCUT2D eigenvalue weighted by Gasteiger charge is 2.39. The second-order valence-corrected chi connectivity index (χ2v) is 3.72. The molecular formula is C11H11F2NO3. The van der Waals surface area contributed by atoms with Crippen LogP contribution in [0.5, 0.6) is 0 Å². The standard InChI is InChI=1S/C11H11F2NO3/c1-11(10(16)17,14(2)6-15)7-3-4-8(12)9(13)5-7/h3-6H,1-2H3,(H,16,17). The first-order chi connectivity index (χ1) is 7.83. The second kappa shape index (κ2) is 4.48. The number of likely N-dealkylation sites (N-methyl/N-ethyl adjacent to an activating group) is 1. The van der Waals surface area contributed by atoms with Gasteiger partial charge >= 0.3 is 5.97 Å². The van der Waals surface area contributed by atoms with Gasteiger partial charge in [-0.3, -0.25) is 4.79 Å². The van der Waals surface area contributed by atoms with Crippen molar-refractivity contribution < 1.29 is 23.5 Å². The fourth-order valence-electron chi connectivity index (χ4n) is 1.38. The van der Waals surface area contributed by atoms with Gasteiger partial charge in [-0.05, 0) is 24.6 Å². The molecule has 0 heterocycles. The molecule has 0 saturated heterocycles. The Balaban J connectivity index is 3.37. The van der Waals surface area contributed by atoms with E-state index in [1.54, 1.807) is 0 Å². The van der Waals surface area contributed by atoms with Crippen LogP contribution >= 0.6 is 0 Å². The Kier molecular flexibility index (Phi) is 3.45. The largest absolute Gasteiger partial charge is 0.479 e. The van der Waals surface area contributed by atoms with Gasteiger partial charge in [0.25, 0.3) is 0 Å². The number of aliphatic carboxylic acids is 1. The molecule has 1 unspecified atom stereocenters. The first-order valence-electron chi connectivity index (χ1n) is 4.71. The number of carbonyl (C=O) groups excluding carboxylic acids is 1. The van der Waals surface area contributed by atoms with Crippen LogP contribution in [0.4, 0.5) is 8.78 Å². The number of carboxylic acid groups (broad SMARTS) is 1. The van der Waals surface area contributed by atoms with Crippen molar-refractivity contribution in [2.45, 2.75) is 12.5 Å². The molecule has 92 valence electrons. The zero-order valence-corrected chi connectivity index (χ0v) is 9.28. The van der Waals surface area contributed by atoms with Crippen molar-refractivity contribution in [1.82, 2.24) is 4.90 Å². The van der Waals surface area contributed by atoms with Gasteiger partial charge in [-0.1, -0.05) is 6.07 Å². The number of hydrogen-bond acceptors (Lipinski definition) is 2. The topological polar surface area (TPSA) is 57.6 Å². The number of halogens is 2. The lowest BCUT2D eigenvalue weighted by molar-refractivity contribution is -0.153. The van der Waals surface area contributed by atoms with E-state index in [0.717, 1.165) is 23.1 Å². The van der Waals surface area contributed by atoms with Crippen LogP contribution in [0.15, 0.2) is 18.2 Å². The molecule has 1 N–H and O–H groups in total. The molecule has 0 aliphatic rings. The Morgan fingerprint density at radius 2 is 2.00 bits per heavy atom. The maximum atomic E-state index is 13.1. The summed E-state index contributed by atoms with van der Waals surface area (Å²) in [5.41, 5.74) is -1.76. The van der Waals surface area contributed by atoms with E-state index < -0.39 is 23.1 Å². The number of rotatable bonds is 4. The molecular weight excluding hydrogens is 232 g/mol. The Hall–Kier alpha value is -1.98. The predicted molar refractivity (Wildman–Crippen MR) is 55.2 cm³/mol. The molecule has 17 heavy (non-hydrogen) atoms. The Labute approximate surface area is 96.5 Å². The summed E-state index contributed by atoms with van der Waals surface area (Å²) in [6.45, 7) is 1.23. The molecule has 6 heteroatoms. The van der Waals surface area contributed by atoms with Crippen molar-refractivity contribution in [2.75, 3.05) is 7.05 Å². The third-order valence-corrected chi connectivity index (χ3v) is 2.76. The fourth-order valence-corrected chi connectivity index (χ4v) is 1.38. The van der Waals surface area contributed by atoms with E-state index in [4.69, 9.17) is 5.11 Å². The van der Waals surface area contributed by atoms with Crippen LogP contribution in [0.2, 0.25) is 0 Å².